The van der Waals surface area contributed by atoms with Crippen LogP contribution in [0.3, 0.4) is 0 Å². The van der Waals surface area contributed by atoms with Crippen molar-refractivity contribution in [2.24, 2.45) is 0 Å². The minimum absolute atomic E-state index is 0.268. The molecule has 0 aliphatic carbocycles. The van der Waals surface area contributed by atoms with Crippen molar-refractivity contribution in [1.29, 1.82) is 0 Å². The standard InChI is InChI=1S/C15H14F2N2O/c1-10(11-2-4-12(16)5-3-11)18-15(20)19-14-8-6-13(17)7-9-14/h2-10H,1H3,(H2,18,19,20). The lowest BCUT2D eigenvalue weighted by atomic mass is 10.1. The van der Waals surface area contributed by atoms with Crippen molar-refractivity contribution in [1.82, 2.24) is 5.32 Å². The van der Waals surface area contributed by atoms with E-state index >= 15 is 0 Å². The van der Waals surface area contributed by atoms with Crippen molar-refractivity contribution in [3.8, 4) is 0 Å². The third kappa shape index (κ3) is 3.78. The molecular weight excluding hydrogens is 262 g/mol. The van der Waals surface area contributed by atoms with E-state index in [1.54, 1.807) is 19.1 Å². The maximum atomic E-state index is 12.8. The number of anilines is 1. The van der Waals surface area contributed by atoms with Crippen molar-refractivity contribution >= 4 is 11.7 Å². The Hall–Kier alpha value is -2.43. The topological polar surface area (TPSA) is 41.1 Å². The van der Waals surface area contributed by atoms with Crippen LogP contribution in [0.1, 0.15) is 18.5 Å². The molecule has 0 aliphatic rings. The van der Waals surface area contributed by atoms with E-state index in [4.69, 9.17) is 0 Å². The summed E-state index contributed by atoms with van der Waals surface area (Å²) in [6, 6.07) is 10.7. The second-order valence-electron chi connectivity index (χ2n) is 4.38. The number of carbonyl (C=O) groups excluding carboxylic acids is 1. The fraction of sp³-hybridized carbons (Fsp3) is 0.133. The molecule has 0 saturated carbocycles. The fourth-order valence-electron chi connectivity index (χ4n) is 1.73. The summed E-state index contributed by atoms with van der Waals surface area (Å²) < 4.78 is 25.5. The van der Waals surface area contributed by atoms with Crippen LogP contribution in [-0.2, 0) is 0 Å². The van der Waals surface area contributed by atoms with Gasteiger partial charge in [0.05, 0.1) is 6.04 Å². The van der Waals surface area contributed by atoms with E-state index in [2.05, 4.69) is 10.6 Å². The molecule has 0 spiro atoms. The fourth-order valence-corrected chi connectivity index (χ4v) is 1.73. The number of amides is 2. The average Bonchev–Trinajstić information content (AvgIpc) is 2.42. The van der Waals surface area contributed by atoms with Gasteiger partial charge in [0.15, 0.2) is 0 Å². The largest absolute Gasteiger partial charge is 0.331 e. The Morgan fingerprint density at radius 1 is 0.950 bits per heavy atom. The Morgan fingerprint density at radius 3 is 2.00 bits per heavy atom. The summed E-state index contributed by atoms with van der Waals surface area (Å²) in [6.07, 6.45) is 0. The third-order valence-corrected chi connectivity index (χ3v) is 2.82. The van der Waals surface area contributed by atoms with Crippen molar-refractivity contribution in [3.63, 3.8) is 0 Å². The third-order valence-electron chi connectivity index (χ3n) is 2.82. The van der Waals surface area contributed by atoms with E-state index in [0.717, 1.165) is 5.56 Å². The Labute approximate surface area is 115 Å². The molecule has 2 amide bonds. The van der Waals surface area contributed by atoms with Crippen LogP contribution in [0.2, 0.25) is 0 Å². The highest BCUT2D eigenvalue weighted by Gasteiger charge is 2.09. The molecule has 20 heavy (non-hydrogen) atoms. The van der Waals surface area contributed by atoms with Crippen LogP contribution in [0.4, 0.5) is 19.3 Å². The number of nitrogens with one attached hydrogen (secondary N) is 2. The molecule has 1 unspecified atom stereocenters. The molecule has 0 radical (unpaired) electrons. The molecule has 2 N–H and O–H groups in total. The van der Waals surface area contributed by atoms with E-state index in [0.29, 0.717) is 5.69 Å². The molecule has 0 aliphatic heterocycles. The first-order chi connectivity index (χ1) is 9.54. The number of hydrogen-bond donors (Lipinski definition) is 2. The van der Waals surface area contributed by atoms with Gasteiger partial charge in [0, 0.05) is 5.69 Å². The second-order valence-corrected chi connectivity index (χ2v) is 4.38. The van der Waals surface area contributed by atoms with Gasteiger partial charge in [-0.3, -0.25) is 0 Å². The maximum Gasteiger partial charge on any atom is 0.319 e. The molecular formula is C15H14F2N2O. The lowest BCUT2D eigenvalue weighted by molar-refractivity contribution is 0.249. The summed E-state index contributed by atoms with van der Waals surface area (Å²) in [4.78, 5) is 11.8. The van der Waals surface area contributed by atoms with E-state index < -0.39 is 6.03 Å². The Balaban J connectivity index is 1.93. The second kappa shape index (κ2) is 6.14. The van der Waals surface area contributed by atoms with Crippen molar-refractivity contribution in [2.45, 2.75) is 13.0 Å². The summed E-state index contributed by atoms with van der Waals surface area (Å²) in [5.41, 5.74) is 1.29. The summed E-state index contributed by atoms with van der Waals surface area (Å²) >= 11 is 0. The summed E-state index contributed by atoms with van der Waals surface area (Å²) in [5, 5.41) is 5.30. The van der Waals surface area contributed by atoms with Gasteiger partial charge in [0.25, 0.3) is 0 Å². The molecule has 0 heterocycles. The number of hydrogen-bond acceptors (Lipinski definition) is 1. The molecule has 5 heteroatoms. The predicted octanol–water partition coefficient (Wildman–Crippen LogP) is 3.85. The highest BCUT2D eigenvalue weighted by Crippen LogP contribution is 2.13. The van der Waals surface area contributed by atoms with Gasteiger partial charge in [-0.2, -0.15) is 0 Å². The number of carbonyl (C=O) groups is 1. The van der Waals surface area contributed by atoms with Crippen LogP contribution in [0.5, 0.6) is 0 Å². The van der Waals surface area contributed by atoms with Gasteiger partial charge in [0.2, 0.25) is 0 Å². The van der Waals surface area contributed by atoms with Gasteiger partial charge in [-0.05, 0) is 48.9 Å². The molecule has 1 atom stereocenters. The van der Waals surface area contributed by atoms with Crippen molar-refractivity contribution in [2.75, 3.05) is 5.32 Å². The van der Waals surface area contributed by atoms with Gasteiger partial charge in [-0.25, -0.2) is 13.6 Å². The predicted molar refractivity (Wildman–Crippen MR) is 73.4 cm³/mol. The SMILES string of the molecule is CC(NC(=O)Nc1ccc(F)cc1)c1ccc(F)cc1. The van der Waals surface area contributed by atoms with Gasteiger partial charge in [0.1, 0.15) is 11.6 Å². The maximum absolute atomic E-state index is 12.8. The number of urea groups is 1. The van der Waals surface area contributed by atoms with Crippen LogP contribution in [0, 0.1) is 11.6 Å². The molecule has 3 nitrogen and oxygen atoms in total. The van der Waals surface area contributed by atoms with Crippen LogP contribution < -0.4 is 10.6 Å². The smallest absolute Gasteiger partial charge is 0.319 e. The minimum Gasteiger partial charge on any atom is -0.331 e. The molecule has 104 valence electrons. The highest BCUT2D eigenvalue weighted by molar-refractivity contribution is 5.89. The van der Waals surface area contributed by atoms with Crippen molar-refractivity contribution < 1.29 is 13.6 Å². The number of halogens is 2. The summed E-state index contributed by atoms with van der Waals surface area (Å²) in [5.74, 6) is -0.688. The van der Waals surface area contributed by atoms with Crippen LogP contribution in [0.25, 0.3) is 0 Å². The average molecular weight is 276 g/mol. The van der Waals surface area contributed by atoms with E-state index in [-0.39, 0.29) is 17.7 Å². The van der Waals surface area contributed by atoms with E-state index in [9.17, 15) is 13.6 Å². The number of benzene rings is 2. The van der Waals surface area contributed by atoms with Gasteiger partial charge >= 0.3 is 6.03 Å². The molecule has 0 bridgehead atoms. The first kappa shape index (κ1) is 14.0. The summed E-state index contributed by atoms with van der Waals surface area (Å²) in [6.45, 7) is 1.79. The van der Waals surface area contributed by atoms with Crippen LogP contribution in [-0.4, -0.2) is 6.03 Å². The molecule has 2 rings (SSSR count). The molecule has 0 aromatic heterocycles. The van der Waals surface area contributed by atoms with Crippen LogP contribution in [0.15, 0.2) is 48.5 Å². The Morgan fingerprint density at radius 2 is 1.45 bits per heavy atom. The minimum atomic E-state index is -0.409. The molecule has 0 saturated heterocycles. The van der Waals surface area contributed by atoms with Crippen molar-refractivity contribution in [3.05, 3.63) is 65.7 Å². The lowest BCUT2D eigenvalue weighted by Gasteiger charge is -2.15. The normalized spacial score (nSPS) is 11.8. The summed E-state index contributed by atoms with van der Waals surface area (Å²) in [7, 11) is 0. The number of rotatable bonds is 3. The molecule has 2 aromatic carbocycles. The molecule has 0 fully saturated rings. The lowest BCUT2D eigenvalue weighted by Crippen LogP contribution is -2.31. The Bertz CT molecular complexity index is 582. The zero-order chi connectivity index (χ0) is 14.5. The Kier molecular flexibility index (Phi) is 4.30. The first-order valence-corrected chi connectivity index (χ1v) is 6.13. The zero-order valence-corrected chi connectivity index (χ0v) is 10.9. The highest BCUT2D eigenvalue weighted by atomic mass is 19.1. The van der Waals surface area contributed by atoms with E-state index in [1.165, 1.54) is 36.4 Å². The van der Waals surface area contributed by atoms with Gasteiger partial charge in [-0.15, -0.1) is 0 Å². The van der Waals surface area contributed by atoms with Gasteiger partial charge < -0.3 is 10.6 Å². The van der Waals surface area contributed by atoms with E-state index in [1.807, 2.05) is 0 Å². The van der Waals surface area contributed by atoms with Crippen LogP contribution >= 0.6 is 0 Å². The quantitative estimate of drug-likeness (QED) is 0.878. The first-order valence-electron chi connectivity index (χ1n) is 6.13. The zero-order valence-electron chi connectivity index (χ0n) is 10.9. The molecule has 2 aromatic rings. The van der Waals surface area contributed by atoms with Gasteiger partial charge in [-0.1, -0.05) is 12.1 Å². The monoisotopic (exact) mass is 276 g/mol.